The molecule has 0 unspecified atom stereocenters. The third-order valence-corrected chi connectivity index (χ3v) is 18.5. The van der Waals surface area contributed by atoms with E-state index in [0.717, 1.165) is 44.9 Å². The predicted octanol–water partition coefficient (Wildman–Crippen LogP) is 22.1. The first-order valence-electron chi connectivity index (χ1n) is 33.1. The van der Waals surface area contributed by atoms with Crippen molar-refractivity contribution in [1.82, 2.24) is 0 Å². The second-order valence-corrected chi connectivity index (χ2v) is 24.5. The zero-order valence-electron chi connectivity index (χ0n) is 52.3. The molecule has 444 valence electrons. The zero-order valence-corrected chi connectivity index (χ0v) is 52.3. The van der Waals surface area contributed by atoms with Crippen LogP contribution in [0.1, 0.15) is 137 Å². The third kappa shape index (κ3) is 16.4. The molecule has 0 radical (unpaired) electrons. The average molecular weight is 1170 g/mol. The van der Waals surface area contributed by atoms with Crippen molar-refractivity contribution in [2.45, 2.75) is 103 Å². The number of fused-ring (bicyclic) bond motifs is 12. The normalized spacial score (nSPS) is 14.0. The van der Waals surface area contributed by atoms with E-state index in [2.05, 4.69) is 316 Å². The van der Waals surface area contributed by atoms with Gasteiger partial charge in [-0.3, -0.25) is 0 Å². The Kier molecular flexibility index (Phi) is 21.2. The van der Waals surface area contributed by atoms with E-state index in [0.29, 0.717) is 0 Å². The largest absolute Gasteiger partial charge is 0.0808 e. The van der Waals surface area contributed by atoms with Crippen molar-refractivity contribution in [3.8, 4) is 11.1 Å². The predicted molar refractivity (Wildman–Crippen MR) is 385 cm³/mol. The quantitative estimate of drug-likeness (QED) is 0.142. The van der Waals surface area contributed by atoms with Gasteiger partial charge in [-0.15, -0.1) is 0 Å². The summed E-state index contributed by atoms with van der Waals surface area (Å²) in [5.74, 6) is 0. The Labute approximate surface area is 537 Å². The van der Waals surface area contributed by atoms with Gasteiger partial charge in [0.2, 0.25) is 0 Å². The highest BCUT2D eigenvalue weighted by molar-refractivity contribution is 5.77. The molecule has 19 rings (SSSR count). The molecular formula is C90H84. The zero-order chi connectivity index (χ0) is 60.8. The number of hydrogen-bond donors (Lipinski definition) is 0. The van der Waals surface area contributed by atoms with E-state index in [9.17, 15) is 0 Å². The van der Waals surface area contributed by atoms with Crippen LogP contribution in [0.25, 0.3) is 29.4 Å². The van der Waals surface area contributed by atoms with Crippen molar-refractivity contribution in [1.29, 1.82) is 0 Å². The first-order chi connectivity index (χ1) is 44.6. The maximum atomic E-state index is 2.27. The second-order valence-electron chi connectivity index (χ2n) is 24.5. The van der Waals surface area contributed by atoms with Gasteiger partial charge >= 0.3 is 0 Å². The molecule has 8 aliphatic carbocycles. The summed E-state index contributed by atoms with van der Waals surface area (Å²) >= 11 is 0. The van der Waals surface area contributed by atoms with Crippen LogP contribution in [-0.2, 0) is 77.0 Å². The molecule has 0 bridgehead atoms. The number of rotatable bonds is 0. The Balaban J connectivity index is 0.000000101. The lowest BCUT2D eigenvalue weighted by atomic mass is 9.86. The molecule has 0 saturated heterocycles. The molecule has 0 amide bonds. The van der Waals surface area contributed by atoms with E-state index in [-0.39, 0.29) is 0 Å². The first kappa shape index (κ1) is 60.7. The lowest BCUT2D eigenvalue weighted by Crippen LogP contribution is -2.06. The van der Waals surface area contributed by atoms with E-state index < -0.39 is 0 Å². The van der Waals surface area contributed by atoms with E-state index in [4.69, 9.17) is 0 Å². The summed E-state index contributed by atoms with van der Waals surface area (Å²) in [6.45, 7) is 0. The summed E-state index contributed by atoms with van der Waals surface area (Å²) in [5.41, 5.74) is 32.4. The minimum atomic E-state index is 1.04. The summed E-state index contributed by atoms with van der Waals surface area (Å²) in [6, 6.07) is 95.7. The van der Waals surface area contributed by atoms with E-state index in [1.807, 2.05) is 0 Å². The van der Waals surface area contributed by atoms with Crippen molar-refractivity contribution in [3.63, 3.8) is 0 Å². The van der Waals surface area contributed by atoms with E-state index >= 15 is 0 Å². The maximum absolute atomic E-state index is 2.27. The molecule has 11 aromatic carbocycles. The molecule has 0 aromatic heterocycles. The molecule has 0 nitrogen and oxygen atoms in total. The van der Waals surface area contributed by atoms with Crippen LogP contribution in [0.2, 0.25) is 0 Å². The van der Waals surface area contributed by atoms with Gasteiger partial charge in [0, 0.05) is 0 Å². The van der Waals surface area contributed by atoms with Gasteiger partial charge in [0.15, 0.2) is 0 Å². The fraction of sp³-hybridized carbons (Fsp3) is 0.178. The standard InChI is InChI=1S/C15H14.C15H12.C14H12.C13H10.C10H12.C9H10.C9H8.C5H6/c2*1-3-7-14-11-15-8-4-2-6-13(15)10-9-12(14)5-1;1-2-6-12-10-14-8-4-3-7-13(14)9-11(12)5-1;1-3-7-12-10(5-1)9-11-6-2-4-8-13(11)12;1-2-6-10-8-4-3-7-9(10)5-1;2*1-2-5-9-7-3-6-8(9)4-1;1-2-4-5-3-1/h1-8H,9-11H2;1-10H,11H2;1-8H,9-10H2;1-8H,9H2;1-2,5-6H,3-4,7-8H2;1-2,4-5H,3,6-7H2;1-6H,7H2;1-4H,5H2. The van der Waals surface area contributed by atoms with Gasteiger partial charge in [0.05, 0.1) is 0 Å². The minimum absolute atomic E-state index is 1.04. The molecule has 0 fully saturated rings. The average Bonchev–Trinajstić information content (AvgIpc) is 4.11. The lowest BCUT2D eigenvalue weighted by Gasteiger charge is -2.18. The number of hydrogen-bond acceptors (Lipinski definition) is 0. The molecule has 11 aromatic rings. The molecular weight excluding hydrogens is 1080 g/mol. The number of aryl methyl sites for hydroxylation is 6. The SMILES string of the molecule is C1=CCC=C1.C1=Cc2ccccc2C1.C1=Cc2ccccc2Cc2ccccc21.c1ccc2c(c1)CCC2.c1ccc2c(c1)CCCC2.c1ccc2c(c1)CCc1ccccc1C2.c1ccc2c(c1)Cc1ccccc1-2.c1ccc2c(c1)Cc1ccccc1C2. The minimum Gasteiger partial charge on any atom is -0.0808 e. The van der Waals surface area contributed by atoms with Crippen molar-refractivity contribution in [3.05, 3.63) is 409 Å². The topological polar surface area (TPSA) is 0 Å². The molecule has 0 spiro atoms. The Morgan fingerprint density at radius 3 is 0.789 bits per heavy atom. The number of benzene rings is 11. The van der Waals surface area contributed by atoms with Crippen LogP contribution < -0.4 is 0 Å². The van der Waals surface area contributed by atoms with Crippen LogP contribution in [0.15, 0.2) is 297 Å². The van der Waals surface area contributed by atoms with Crippen LogP contribution in [0, 0.1) is 0 Å². The monoisotopic (exact) mass is 1160 g/mol. The molecule has 0 heterocycles. The third-order valence-electron chi connectivity index (χ3n) is 18.5. The van der Waals surface area contributed by atoms with Gasteiger partial charge < -0.3 is 0 Å². The van der Waals surface area contributed by atoms with Gasteiger partial charge in [-0.2, -0.15) is 0 Å². The summed E-state index contributed by atoms with van der Waals surface area (Å²) in [4.78, 5) is 0. The van der Waals surface area contributed by atoms with Gasteiger partial charge in [-0.1, -0.05) is 316 Å². The highest BCUT2D eigenvalue weighted by Crippen LogP contribution is 2.36. The summed E-state index contributed by atoms with van der Waals surface area (Å²) in [5, 5.41) is 0. The van der Waals surface area contributed by atoms with Crippen molar-refractivity contribution in [2.24, 2.45) is 0 Å². The Morgan fingerprint density at radius 1 is 0.178 bits per heavy atom. The second kappa shape index (κ2) is 31.5. The Hall–Kier alpha value is -9.62. The smallest absolute Gasteiger partial charge is 0.00135 e. The molecule has 0 heteroatoms. The van der Waals surface area contributed by atoms with Crippen LogP contribution >= 0.6 is 0 Å². The highest BCUT2D eigenvalue weighted by Gasteiger charge is 2.17. The van der Waals surface area contributed by atoms with Crippen LogP contribution in [0.4, 0.5) is 0 Å². The lowest BCUT2D eigenvalue weighted by molar-refractivity contribution is 0.685. The molecule has 8 aliphatic rings. The molecule has 0 N–H and O–H groups in total. The van der Waals surface area contributed by atoms with Crippen molar-refractivity contribution < 1.29 is 0 Å². The van der Waals surface area contributed by atoms with Gasteiger partial charge in [0.1, 0.15) is 0 Å². The van der Waals surface area contributed by atoms with Crippen molar-refractivity contribution >= 4 is 18.2 Å². The molecule has 0 saturated carbocycles. The van der Waals surface area contributed by atoms with E-state index in [1.54, 1.807) is 22.3 Å². The van der Waals surface area contributed by atoms with Gasteiger partial charge in [-0.25, -0.2) is 0 Å². The van der Waals surface area contributed by atoms with Crippen molar-refractivity contribution in [2.75, 3.05) is 0 Å². The Bertz CT molecular complexity index is 3980. The fourth-order valence-corrected chi connectivity index (χ4v) is 13.6. The number of allylic oxidation sites excluding steroid dienone is 5. The fourth-order valence-electron chi connectivity index (χ4n) is 13.6. The molecule has 0 atom stereocenters. The van der Waals surface area contributed by atoms with E-state index in [1.165, 1.54) is 158 Å². The van der Waals surface area contributed by atoms with Gasteiger partial charge in [-0.05, 0) is 225 Å². The molecule has 90 heavy (non-hydrogen) atoms. The summed E-state index contributed by atoms with van der Waals surface area (Å²) in [6.07, 6.45) is 36.6. The maximum Gasteiger partial charge on any atom is -0.00135 e. The summed E-state index contributed by atoms with van der Waals surface area (Å²) in [7, 11) is 0. The molecule has 0 aliphatic heterocycles. The Morgan fingerprint density at radius 2 is 0.433 bits per heavy atom. The highest BCUT2D eigenvalue weighted by atomic mass is 14.2. The summed E-state index contributed by atoms with van der Waals surface area (Å²) < 4.78 is 0. The van der Waals surface area contributed by atoms with Crippen LogP contribution in [0.5, 0.6) is 0 Å². The van der Waals surface area contributed by atoms with Crippen LogP contribution in [-0.4, -0.2) is 0 Å². The first-order valence-corrected chi connectivity index (χ1v) is 33.1. The van der Waals surface area contributed by atoms with Gasteiger partial charge in [0.25, 0.3) is 0 Å². The van der Waals surface area contributed by atoms with Crippen LogP contribution in [0.3, 0.4) is 0 Å².